The van der Waals surface area contributed by atoms with Crippen LogP contribution in [0.1, 0.15) is 154 Å². The Bertz CT molecular complexity index is 935. The summed E-state index contributed by atoms with van der Waals surface area (Å²) in [4.78, 5) is 21.2. The number of carbonyl (C=O) groups is 2. The van der Waals surface area contributed by atoms with Crippen molar-refractivity contribution >= 4 is 29.7 Å². The monoisotopic (exact) mass is 635 g/mol. The van der Waals surface area contributed by atoms with E-state index in [1.165, 1.54) is 107 Å². The van der Waals surface area contributed by atoms with Gasteiger partial charge < -0.3 is 19.4 Å². The Labute approximate surface area is 271 Å². The highest BCUT2D eigenvalue weighted by Crippen LogP contribution is 2.41. The number of quaternary nitrogens is 1. The second kappa shape index (κ2) is 23.4. The van der Waals surface area contributed by atoms with Gasteiger partial charge in [0.05, 0.1) is 31.9 Å². The molecule has 2 heterocycles. The molecule has 1 aromatic heterocycles. The molecule has 1 saturated carbocycles. The first-order chi connectivity index (χ1) is 21.5. The van der Waals surface area contributed by atoms with Gasteiger partial charge in [-0.15, -0.1) is 4.37 Å². The smallest absolute Gasteiger partial charge is 0.310 e. The van der Waals surface area contributed by atoms with Crippen LogP contribution >= 0.6 is 11.7 Å². The minimum Gasteiger partial charge on any atom is -0.554 e. The zero-order valence-electron chi connectivity index (χ0n) is 28.1. The molecule has 1 aliphatic heterocycles. The topological polar surface area (TPSA) is 101 Å². The Morgan fingerprint density at radius 1 is 0.932 bits per heavy atom. The average molecular weight is 636 g/mol. The molecule has 0 bridgehead atoms. The number of esters is 1. The zero-order chi connectivity index (χ0) is 31.9. The average Bonchev–Trinajstić information content (AvgIpc) is 3.74. The van der Waals surface area contributed by atoms with Crippen LogP contribution in [0.5, 0.6) is 5.88 Å². The first kappa shape index (κ1) is 38.2. The van der Waals surface area contributed by atoms with Crippen LogP contribution in [0.4, 0.5) is 0 Å². The first-order valence-corrected chi connectivity index (χ1v) is 18.5. The summed E-state index contributed by atoms with van der Waals surface area (Å²) in [6.45, 7) is 6.49. The van der Waals surface area contributed by atoms with Crippen molar-refractivity contribution in [3.8, 4) is 5.88 Å². The number of hydrogen-bond donors (Lipinski definition) is 0. The minimum atomic E-state index is -0.500. The first-order valence-electron chi connectivity index (χ1n) is 17.7. The molecule has 1 fully saturated rings. The molecule has 2 atom stereocenters. The maximum absolute atomic E-state index is 12.9. The van der Waals surface area contributed by atoms with Gasteiger partial charge in [0, 0.05) is 30.8 Å². The highest BCUT2D eigenvalue weighted by Gasteiger charge is 2.48. The number of hydrogen-bond acceptors (Lipinski definition) is 8. The molecule has 0 N–H and O–H groups in total. The third-order valence-corrected chi connectivity index (χ3v) is 9.45. The van der Waals surface area contributed by atoms with Gasteiger partial charge in [-0.05, 0) is 25.7 Å². The van der Waals surface area contributed by atoms with E-state index < -0.39 is 6.47 Å². The highest BCUT2D eigenvalue weighted by molar-refractivity contribution is 6.99. The van der Waals surface area contributed by atoms with Crippen LogP contribution in [0.2, 0.25) is 0 Å². The standard InChI is InChI=1S/C34H60N3O3S.CH2O2/c1-4-6-8-10-11-12-13-14-15-16-17-18-19-23-31(38)40-34(29-24-25-29)37(3)26-21-22-30(28-37)32-33(36-41-35-32)39-27-20-9-7-5-2;2-1-3/h22,29,34H,4-21,23-28H2,1-3H3;1H,(H,2,3)/q+1;/p-1. The van der Waals surface area contributed by atoms with Crippen LogP contribution in [0.25, 0.3) is 5.57 Å². The van der Waals surface area contributed by atoms with Gasteiger partial charge in [0.25, 0.3) is 5.88 Å². The molecule has 8 nitrogen and oxygen atoms in total. The molecule has 0 saturated heterocycles. The Morgan fingerprint density at radius 3 is 2.05 bits per heavy atom. The van der Waals surface area contributed by atoms with Gasteiger partial charge in [0.1, 0.15) is 12.2 Å². The summed E-state index contributed by atoms with van der Waals surface area (Å²) in [5.74, 6) is 1.15. The van der Waals surface area contributed by atoms with Crippen molar-refractivity contribution in [2.75, 3.05) is 26.7 Å². The Morgan fingerprint density at radius 2 is 1.48 bits per heavy atom. The predicted octanol–water partition coefficient (Wildman–Crippen LogP) is 7.86. The van der Waals surface area contributed by atoms with Crippen molar-refractivity contribution in [1.29, 1.82) is 0 Å². The normalized spacial score (nSPS) is 18.6. The molecule has 3 rings (SSSR count). The molecule has 44 heavy (non-hydrogen) atoms. The van der Waals surface area contributed by atoms with Crippen molar-refractivity contribution in [3.05, 3.63) is 11.8 Å². The lowest BCUT2D eigenvalue weighted by molar-refractivity contribution is -0.949. The molecule has 0 spiro atoms. The molecule has 1 aromatic rings. The molecular formula is C35H61N3O5S. The molecule has 252 valence electrons. The van der Waals surface area contributed by atoms with Gasteiger partial charge in [-0.3, -0.25) is 9.28 Å². The number of ether oxygens (including phenoxy) is 2. The molecule has 0 radical (unpaired) electrons. The van der Waals surface area contributed by atoms with Crippen LogP contribution in [0.3, 0.4) is 0 Å². The molecular weight excluding hydrogens is 574 g/mol. The molecule has 2 aliphatic rings. The maximum atomic E-state index is 12.9. The largest absolute Gasteiger partial charge is 0.554 e. The second-order valence-electron chi connectivity index (χ2n) is 13.0. The van der Waals surface area contributed by atoms with Crippen molar-refractivity contribution in [3.63, 3.8) is 0 Å². The van der Waals surface area contributed by atoms with Gasteiger partial charge in [0.15, 0.2) is 0 Å². The van der Waals surface area contributed by atoms with Crippen LogP contribution in [0.15, 0.2) is 6.08 Å². The SMILES string of the molecule is CCCCCCCCCCCCCCCC(=O)OC(C1CC1)[N+]1(C)CCC=C(c2nsnc2OCCCCCC)C1.O=C[O-]. The van der Waals surface area contributed by atoms with Crippen molar-refractivity contribution in [1.82, 2.24) is 8.75 Å². The number of carbonyl (C=O) groups excluding carboxylic acids is 2. The highest BCUT2D eigenvalue weighted by atomic mass is 32.1. The Hall–Kier alpha value is -2.00. The van der Waals surface area contributed by atoms with E-state index in [0.29, 0.717) is 24.8 Å². The summed E-state index contributed by atoms with van der Waals surface area (Å²) in [6.07, 6.45) is 27.9. The lowest BCUT2D eigenvalue weighted by Gasteiger charge is -2.43. The summed E-state index contributed by atoms with van der Waals surface area (Å²) in [6, 6.07) is 0. The minimum absolute atomic E-state index is 0.00754. The summed E-state index contributed by atoms with van der Waals surface area (Å²) < 4.78 is 22.1. The van der Waals surface area contributed by atoms with Crippen LogP contribution < -0.4 is 9.84 Å². The van der Waals surface area contributed by atoms with Crippen molar-refractivity contribution in [2.24, 2.45) is 5.92 Å². The summed E-state index contributed by atoms with van der Waals surface area (Å²) in [7, 11) is 2.26. The van der Waals surface area contributed by atoms with E-state index in [4.69, 9.17) is 19.4 Å². The summed E-state index contributed by atoms with van der Waals surface area (Å²) in [5.41, 5.74) is 2.08. The van der Waals surface area contributed by atoms with E-state index in [1.807, 2.05) is 0 Å². The van der Waals surface area contributed by atoms with Crippen LogP contribution in [-0.2, 0) is 14.3 Å². The zero-order valence-corrected chi connectivity index (χ0v) is 28.9. The quantitative estimate of drug-likeness (QED) is 0.0493. The third-order valence-electron chi connectivity index (χ3n) is 8.94. The number of aromatic nitrogens is 2. The Balaban J connectivity index is 0.00000216. The Kier molecular flexibility index (Phi) is 20.3. The number of likely N-dealkylation sites (N-methyl/N-ethyl adjacent to an activating group) is 1. The maximum Gasteiger partial charge on any atom is 0.310 e. The van der Waals surface area contributed by atoms with E-state index in [0.717, 1.165) is 61.8 Å². The van der Waals surface area contributed by atoms with Crippen molar-refractivity contribution < 1.29 is 28.7 Å². The molecule has 0 aromatic carbocycles. The molecule has 9 heteroatoms. The lowest BCUT2D eigenvalue weighted by atomic mass is 10.0. The molecule has 0 amide bonds. The fourth-order valence-corrected chi connectivity index (χ4v) is 6.75. The predicted molar refractivity (Wildman–Crippen MR) is 177 cm³/mol. The van der Waals surface area contributed by atoms with Gasteiger partial charge in [-0.1, -0.05) is 116 Å². The summed E-state index contributed by atoms with van der Waals surface area (Å²) >= 11 is 1.23. The van der Waals surface area contributed by atoms with E-state index >= 15 is 0 Å². The number of carboxylic acid groups (broad SMARTS) is 1. The van der Waals surface area contributed by atoms with Gasteiger partial charge in [-0.2, -0.15) is 4.37 Å². The number of unbranched alkanes of at least 4 members (excludes halogenated alkanes) is 15. The molecule has 2 unspecified atom stereocenters. The van der Waals surface area contributed by atoms with Gasteiger partial charge in [0.2, 0.25) is 6.23 Å². The van der Waals surface area contributed by atoms with Crippen LogP contribution in [-0.4, -0.2) is 58.6 Å². The molecule has 1 aliphatic carbocycles. The third kappa shape index (κ3) is 15.3. The second-order valence-corrected chi connectivity index (χ2v) is 13.5. The number of rotatable bonds is 24. The van der Waals surface area contributed by atoms with Crippen molar-refractivity contribution in [2.45, 2.75) is 155 Å². The lowest BCUT2D eigenvalue weighted by Crippen LogP contribution is -2.57. The number of nitrogens with zero attached hydrogens (tertiary/aromatic N) is 3. The van der Waals surface area contributed by atoms with E-state index in [9.17, 15) is 4.79 Å². The van der Waals surface area contributed by atoms with Crippen LogP contribution in [0, 0.1) is 5.92 Å². The van der Waals surface area contributed by atoms with E-state index in [-0.39, 0.29) is 12.2 Å². The summed E-state index contributed by atoms with van der Waals surface area (Å²) in [5, 5.41) is 8.25. The van der Waals surface area contributed by atoms with E-state index in [2.05, 4.69) is 35.7 Å². The van der Waals surface area contributed by atoms with Gasteiger partial charge >= 0.3 is 5.97 Å². The van der Waals surface area contributed by atoms with Gasteiger partial charge in [-0.25, -0.2) is 0 Å². The van der Waals surface area contributed by atoms with E-state index in [1.54, 1.807) is 0 Å². The fourth-order valence-electron chi connectivity index (χ4n) is 6.22. The fraction of sp³-hybridized carbons (Fsp3) is 0.829.